The average Bonchev–Trinajstić information content (AvgIpc) is 3.52. The molecular weight excluding hydrogens is 524 g/mol. The molecule has 2 amide bonds. The minimum atomic E-state index is -1.43. The van der Waals surface area contributed by atoms with Crippen LogP contribution >= 0.6 is 34.4 Å². The predicted octanol–water partition coefficient (Wildman–Crippen LogP) is -0.00948. The van der Waals surface area contributed by atoms with Crippen molar-refractivity contribution in [1.29, 1.82) is 0 Å². The molecule has 3 N–H and O–H groups in total. The number of thiophene rings is 1. The van der Waals surface area contributed by atoms with Crippen LogP contribution < -0.4 is 20.7 Å². The number of anilines is 1. The van der Waals surface area contributed by atoms with Crippen LogP contribution in [0.15, 0.2) is 45.5 Å². The Labute approximate surface area is 217 Å². The maximum Gasteiger partial charge on any atom is 0.276 e. The van der Waals surface area contributed by atoms with E-state index in [1.54, 1.807) is 16.7 Å². The van der Waals surface area contributed by atoms with E-state index < -0.39 is 29.2 Å². The number of aliphatic carboxylic acids is 1. The summed E-state index contributed by atoms with van der Waals surface area (Å²) < 4.78 is 3.09. The minimum Gasteiger partial charge on any atom is -0.543 e. The molecule has 1 saturated heterocycles. The third-order valence-electron chi connectivity index (χ3n) is 5.87. The Morgan fingerprint density at radius 2 is 2.19 bits per heavy atom. The summed E-state index contributed by atoms with van der Waals surface area (Å²) in [6, 6.07) is 3.03. The number of nitrogens with two attached hydrogens (primary N) is 1. The van der Waals surface area contributed by atoms with E-state index >= 15 is 0 Å². The van der Waals surface area contributed by atoms with Crippen molar-refractivity contribution in [3.8, 4) is 0 Å². The Hall–Kier alpha value is -3.49. The number of thiazole rings is 1. The van der Waals surface area contributed by atoms with Gasteiger partial charge < -0.3 is 25.8 Å². The summed E-state index contributed by atoms with van der Waals surface area (Å²) >= 11 is 4.12. The summed E-state index contributed by atoms with van der Waals surface area (Å²) in [7, 11) is 1.28. The Morgan fingerprint density at radius 1 is 1.39 bits per heavy atom. The van der Waals surface area contributed by atoms with Crippen LogP contribution in [0.5, 0.6) is 0 Å². The van der Waals surface area contributed by atoms with Crippen LogP contribution in [-0.2, 0) is 25.8 Å². The maximum atomic E-state index is 13.0. The molecule has 2 aliphatic rings. The molecule has 2 atom stereocenters. The Kier molecular flexibility index (Phi) is 6.40. The number of fused-ring (bicyclic) bond motifs is 2. The van der Waals surface area contributed by atoms with Gasteiger partial charge in [-0.15, -0.1) is 34.4 Å². The largest absolute Gasteiger partial charge is 0.543 e. The van der Waals surface area contributed by atoms with Gasteiger partial charge in [0.05, 0.1) is 11.7 Å². The van der Waals surface area contributed by atoms with Gasteiger partial charge in [-0.05, 0) is 17.9 Å². The van der Waals surface area contributed by atoms with Crippen molar-refractivity contribution >= 4 is 73.3 Å². The summed E-state index contributed by atoms with van der Waals surface area (Å²) in [6.45, 7) is 2.32. The number of nitrogens with one attached hydrogen (secondary N) is 1. The number of nitrogen functional groups attached to an aromatic ring is 1. The van der Waals surface area contributed by atoms with Crippen LogP contribution in [0.3, 0.4) is 0 Å². The zero-order valence-electron chi connectivity index (χ0n) is 19.1. The summed E-state index contributed by atoms with van der Waals surface area (Å²) in [4.78, 5) is 48.1. The smallest absolute Gasteiger partial charge is 0.276 e. The third-order valence-corrected chi connectivity index (χ3v) is 8.92. The van der Waals surface area contributed by atoms with E-state index in [0.717, 1.165) is 27.1 Å². The first kappa shape index (κ1) is 24.2. The number of rotatable bonds is 7. The zero-order chi connectivity index (χ0) is 25.6. The van der Waals surface area contributed by atoms with E-state index in [1.807, 2.05) is 35.2 Å². The monoisotopic (exact) mass is 544 g/mol. The fourth-order valence-electron chi connectivity index (χ4n) is 4.22. The lowest BCUT2D eigenvalue weighted by atomic mass is 10.0. The number of β-lactam (4-membered cyclic amide) rings is 1. The fraction of sp³-hybridized carbons (Fsp3) is 0.273. The molecule has 0 aromatic carbocycles. The topological polar surface area (TPSA) is 154 Å². The number of oxime groups is 1. The normalized spacial score (nSPS) is 19.8. The Morgan fingerprint density at radius 3 is 2.89 bits per heavy atom. The van der Waals surface area contributed by atoms with Crippen LogP contribution in [-0.4, -0.2) is 57.7 Å². The highest BCUT2D eigenvalue weighted by atomic mass is 32.2. The molecule has 3 aromatic rings. The number of hydrogen-bond acceptors (Lipinski definition) is 11. The molecule has 0 aliphatic carbocycles. The van der Waals surface area contributed by atoms with Crippen LogP contribution in [0.4, 0.5) is 5.13 Å². The van der Waals surface area contributed by atoms with Gasteiger partial charge in [-0.1, -0.05) is 5.16 Å². The standard InChI is InChI=1S/C22H20N6O5S3/c1-10-3-5-27(13-4-6-34-17(10)13)7-11-8-35-20-15(19(30)28(20)16(11)21(31)32)25-18(29)14(26-33-2)12-9-36-22(23)24-12/h3-6,9,15,20H,7-8H2,1-2H3,(H3-,23,24,25,29,31,32)/t15?,20-/m1/s1. The number of carboxylic acid groups (broad SMARTS) is 1. The number of hydrogen-bond donors (Lipinski definition) is 2. The second kappa shape index (κ2) is 9.52. The molecule has 0 bridgehead atoms. The van der Waals surface area contributed by atoms with E-state index in [9.17, 15) is 19.5 Å². The fourth-order valence-corrected chi connectivity index (χ4v) is 7.00. The highest BCUT2D eigenvalue weighted by molar-refractivity contribution is 8.00. The van der Waals surface area contributed by atoms with Crippen molar-refractivity contribution < 1.29 is 28.9 Å². The van der Waals surface area contributed by atoms with Gasteiger partial charge in [0.2, 0.25) is 5.52 Å². The molecular formula is C22H20N6O5S3. The molecule has 1 unspecified atom stereocenters. The molecule has 0 spiro atoms. The van der Waals surface area contributed by atoms with Crippen molar-refractivity contribution in [2.45, 2.75) is 24.9 Å². The first-order valence-corrected chi connectivity index (χ1v) is 13.5. The van der Waals surface area contributed by atoms with Gasteiger partial charge in [0.15, 0.2) is 23.6 Å². The minimum absolute atomic E-state index is 0.135. The lowest BCUT2D eigenvalue weighted by Gasteiger charge is -2.50. The summed E-state index contributed by atoms with van der Waals surface area (Å²) in [5.41, 5.74) is 8.27. The molecule has 11 nitrogen and oxygen atoms in total. The number of amides is 2. The molecule has 14 heteroatoms. The SMILES string of the molecule is CON=C(C(=O)NC1C(=O)N2C(C(=O)[O-])=C(C[n+]3ccc(C)c4sccc43)CS[C@H]12)c1csc(N)n1. The van der Waals surface area contributed by atoms with Gasteiger partial charge >= 0.3 is 0 Å². The molecule has 5 rings (SSSR count). The van der Waals surface area contributed by atoms with Gasteiger partial charge in [0.25, 0.3) is 11.8 Å². The number of thioether (sulfide) groups is 1. The number of carbonyl (C=O) groups excluding carboxylic acids is 3. The highest BCUT2D eigenvalue weighted by Gasteiger charge is 2.53. The second-order valence-electron chi connectivity index (χ2n) is 8.06. The molecule has 36 heavy (non-hydrogen) atoms. The van der Waals surface area contributed by atoms with Gasteiger partial charge in [-0.25, -0.2) is 4.98 Å². The van der Waals surface area contributed by atoms with E-state index in [-0.39, 0.29) is 22.2 Å². The first-order chi connectivity index (χ1) is 17.3. The van der Waals surface area contributed by atoms with Crippen LogP contribution in [0, 0.1) is 6.92 Å². The highest BCUT2D eigenvalue weighted by Crippen LogP contribution is 2.40. The van der Waals surface area contributed by atoms with Gasteiger partial charge in [0, 0.05) is 28.8 Å². The van der Waals surface area contributed by atoms with E-state index in [4.69, 9.17) is 10.6 Å². The van der Waals surface area contributed by atoms with Crippen molar-refractivity contribution in [2.24, 2.45) is 5.16 Å². The predicted molar refractivity (Wildman–Crippen MR) is 134 cm³/mol. The van der Waals surface area contributed by atoms with Gasteiger partial charge in [-0.2, -0.15) is 4.57 Å². The number of aryl methyl sites for hydroxylation is 1. The number of carboxylic acids is 1. The zero-order valence-corrected chi connectivity index (χ0v) is 21.5. The number of nitrogens with zero attached hydrogens (tertiary/aromatic N) is 4. The van der Waals surface area contributed by atoms with Crippen molar-refractivity contribution in [1.82, 2.24) is 15.2 Å². The number of carbonyl (C=O) groups is 3. The first-order valence-electron chi connectivity index (χ1n) is 10.7. The Balaban J connectivity index is 1.38. The Bertz CT molecular complexity index is 1460. The van der Waals surface area contributed by atoms with Crippen LogP contribution in [0.1, 0.15) is 11.3 Å². The third kappa shape index (κ3) is 4.10. The molecule has 186 valence electrons. The van der Waals surface area contributed by atoms with E-state index in [0.29, 0.717) is 17.9 Å². The molecule has 3 aromatic heterocycles. The summed E-state index contributed by atoms with van der Waals surface area (Å²) in [5.74, 6) is -2.29. The second-order valence-corrected chi connectivity index (χ2v) is 11.0. The average molecular weight is 545 g/mol. The number of pyridine rings is 1. The van der Waals surface area contributed by atoms with Crippen molar-refractivity contribution in [2.75, 3.05) is 18.6 Å². The van der Waals surface area contributed by atoms with Crippen molar-refractivity contribution in [3.05, 3.63) is 51.6 Å². The lowest BCUT2D eigenvalue weighted by molar-refractivity contribution is -0.663. The molecule has 0 saturated carbocycles. The quantitative estimate of drug-likeness (QED) is 0.182. The molecule has 5 heterocycles. The maximum absolute atomic E-state index is 13.0. The molecule has 2 aliphatic heterocycles. The number of aromatic nitrogens is 2. The lowest BCUT2D eigenvalue weighted by Crippen LogP contribution is -2.71. The summed E-state index contributed by atoms with van der Waals surface area (Å²) in [5, 5.41) is 21.7. The molecule has 1 fully saturated rings. The van der Waals surface area contributed by atoms with Gasteiger partial charge in [0.1, 0.15) is 28.9 Å². The van der Waals surface area contributed by atoms with Crippen molar-refractivity contribution in [3.63, 3.8) is 0 Å². The molecule has 0 radical (unpaired) electrons. The van der Waals surface area contributed by atoms with Crippen LogP contribution in [0.2, 0.25) is 0 Å². The van der Waals surface area contributed by atoms with E-state index in [2.05, 4.69) is 15.5 Å². The summed E-state index contributed by atoms with van der Waals surface area (Å²) in [6.07, 6.45) is 1.91. The van der Waals surface area contributed by atoms with Crippen LogP contribution in [0.25, 0.3) is 10.2 Å². The van der Waals surface area contributed by atoms with Gasteiger partial charge in [-0.3, -0.25) is 14.5 Å². The van der Waals surface area contributed by atoms with E-state index in [1.165, 1.54) is 23.8 Å².